The number of rotatable bonds is 3. The van der Waals surface area contributed by atoms with Crippen LogP contribution in [-0.4, -0.2) is 25.0 Å². The summed E-state index contributed by atoms with van der Waals surface area (Å²) in [6.07, 6.45) is 0.944. The molecule has 0 spiro atoms. The van der Waals surface area contributed by atoms with Gasteiger partial charge in [-0.25, -0.2) is 0 Å². The Hall–Kier alpha value is -2.04. The fourth-order valence-electron chi connectivity index (χ4n) is 2.27. The molecule has 5 nitrogen and oxygen atoms in total. The van der Waals surface area contributed by atoms with E-state index >= 15 is 0 Å². The standard InChI is InChI=1S/C14H18N2O3/c1-8-6-9(2)13(11(7-8)19-3)16-14(18)10-4-5-12(17)15-10/h6-7,10H,4-5H2,1-3H3,(H,15,17)(H,16,18). The molecule has 5 heteroatoms. The van der Waals surface area contributed by atoms with Crippen LogP contribution in [0.3, 0.4) is 0 Å². The quantitative estimate of drug-likeness (QED) is 0.868. The number of aryl methyl sites for hydroxylation is 2. The van der Waals surface area contributed by atoms with E-state index in [0.29, 0.717) is 24.3 Å². The van der Waals surface area contributed by atoms with E-state index in [0.717, 1.165) is 11.1 Å². The van der Waals surface area contributed by atoms with Gasteiger partial charge in [0.2, 0.25) is 11.8 Å². The van der Waals surface area contributed by atoms with E-state index in [1.54, 1.807) is 7.11 Å². The molecule has 0 radical (unpaired) electrons. The molecule has 2 N–H and O–H groups in total. The van der Waals surface area contributed by atoms with Crippen molar-refractivity contribution in [1.82, 2.24) is 5.32 Å². The van der Waals surface area contributed by atoms with Gasteiger partial charge in [-0.3, -0.25) is 9.59 Å². The van der Waals surface area contributed by atoms with Gasteiger partial charge in [-0.1, -0.05) is 6.07 Å². The van der Waals surface area contributed by atoms with E-state index in [2.05, 4.69) is 10.6 Å². The predicted octanol–water partition coefficient (Wildman–Crippen LogP) is 1.53. The smallest absolute Gasteiger partial charge is 0.247 e. The Morgan fingerprint density at radius 1 is 1.42 bits per heavy atom. The van der Waals surface area contributed by atoms with Gasteiger partial charge in [0.1, 0.15) is 11.8 Å². The molecule has 1 fully saturated rings. The number of benzene rings is 1. The average Bonchev–Trinajstić information content (AvgIpc) is 2.78. The van der Waals surface area contributed by atoms with Crippen LogP contribution in [0.25, 0.3) is 0 Å². The van der Waals surface area contributed by atoms with Crippen molar-refractivity contribution in [2.45, 2.75) is 32.7 Å². The molecule has 0 aromatic heterocycles. The van der Waals surface area contributed by atoms with Crippen molar-refractivity contribution in [3.63, 3.8) is 0 Å². The number of ether oxygens (including phenoxy) is 1. The minimum Gasteiger partial charge on any atom is -0.495 e. The van der Waals surface area contributed by atoms with Crippen LogP contribution in [0, 0.1) is 13.8 Å². The first-order valence-electron chi connectivity index (χ1n) is 6.26. The monoisotopic (exact) mass is 262 g/mol. The number of nitrogens with one attached hydrogen (secondary N) is 2. The number of methoxy groups -OCH3 is 1. The molecule has 1 heterocycles. The Morgan fingerprint density at radius 2 is 2.16 bits per heavy atom. The fraction of sp³-hybridized carbons (Fsp3) is 0.429. The number of hydrogen-bond donors (Lipinski definition) is 2. The van der Waals surface area contributed by atoms with Gasteiger partial charge in [-0.15, -0.1) is 0 Å². The Labute approximate surface area is 112 Å². The van der Waals surface area contributed by atoms with Crippen molar-refractivity contribution in [3.8, 4) is 5.75 Å². The lowest BCUT2D eigenvalue weighted by Crippen LogP contribution is -2.37. The van der Waals surface area contributed by atoms with Crippen molar-refractivity contribution in [2.75, 3.05) is 12.4 Å². The second-order valence-electron chi connectivity index (χ2n) is 4.81. The van der Waals surface area contributed by atoms with E-state index < -0.39 is 6.04 Å². The zero-order valence-electron chi connectivity index (χ0n) is 11.4. The maximum atomic E-state index is 12.1. The maximum absolute atomic E-state index is 12.1. The molecule has 2 rings (SSSR count). The highest BCUT2D eigenvalue weighted by molar-refractivity contribution is 6.00. The highest BCUT2D eigenvalue weighted by Crippen LogP contribution is 2.30. The molecule has 2 amide bonds. The first-order valence-corrected chi connectivity index (χ1v) is 6.26. The molecule has 1 aromatic carbocycles. The highest BCUT2D eigenvalue weighted by Gasteiger charge is 2.28. The predicted molar refractivity (Wildman–Crippen MR) is 72.3 cm³/mol. The van der Waals surface area contributed by atoms with Crippen molar-refractivity contribution in [1.29, 1.82) is 0 Å². The van der Waals surface area contributed by atoms with Gasteiger partial charge in [0, 0.05) is 6.42 Å². The molecule has 1 saturated heterocycles. The second kappa shape index (κ2) is 5.30. The van der Waals surface area contributed by atoms with Gasteiger partial charge >= 0.3 is 0 Å². The number of anilines is 1. The molecule has 1 atom stereocenters. The molecule has 19 heavy (non-hydrogen) atoms. The molecule has 1 unspecified atom stereocenters. The molecular weight excluding hydrogens is 244 g/mol. The summed E-state index contributed by atoms with van der Waals surface area (Å²) in [4.78, 5) is 23.2. The SMILES string of the molecule is COc1cc(C)cc(C)c1NC(=O)C1CCC(=O)N1. The van der Waals surface area contributed by atoms with E-state index in [4.69, 9.17) is 4.74 Å². The van der Waals surface area contributed by atoms with Crippen LogP contribution in [0.2, 0.25) is 0 Å². The largest absolute Gasteiger partial charge is 0.495 e. The van der Waals surface area contributed by atoms with Crippen molar-refractivity contribution >= 4 is 17.5 Å². The zero-order valence-corrected chi connectivity index (χ0v) is 11.4. The summed E-state index contributed by atoms with van der Waals surface area (Å²) in [6.45, 7) is 3.89. The highest BCUT2D eigenvalue weighted by atomic mass is 16.5. The molecule has 0 aliphatic carbocycles. The molecule has 102 valence electrons. The number of amides is 2. The van der Waals surface area contributed by atoms with Gasteiger partial charge < -0.3 is 15.4 Å². The van der Waals surface area contributed by atoms with E-state index in [9.17, 15) is 9.59 Å². The normalized spacial score (nSPS) is 18.1. The van der Waals surface area contributed by atoms with Crippen LogP contribution in [0.1, 0.15) is 24.0 Å². The summed E-state index contributed by atoms with van der Waals surface area (Å²) in [5.41, 5.74) is 2.68. The molecule has 0 saturated carbocycles. The first-order chi connectivity index (χ1) is 9.01. The molecule has 1 aromatic rings. The molecule has 1 aliphatic heterocycles. The van der Waals surface area contributed by atoms with Gasteiger partial charge in [-0.2, -0.15) is 0 Å². The summed E-state index contributed by atoms with van der Waals surface area (Å²) >= 11 is 0. The average molecular weight is 262 g/mol. The van der Waals surface area contributed by atoms with Crippen molar-refractivity contribution in [2.24, 2.45) is 0 Å². The van der Waals surface area contributed by atoms with Gasteiger partial charge in [-0.05, 0) is 37.5 Å². The van der Waals surface area contributed by atoms with Crippen LogP contribution in [-0.2, 0) is 9.59 Å². The van der Waals surface area contributed by atoms with Gasteiger partial charge in [0.25, 0.3) is 0 Å². The lowest BCUT2D eigenvalue weighted by Gasteiger charge is -2.16. The second-order valence-corrected chi connectivity index (χ2v) is 4.81. The Kier molecular flexibility index (Phi) is 3.74. The van der Waals surface area contributed by atoms with Crippen LogP contribution in [0.4, 0.5) is 5.69 Å². The van der Waals surface area contributed by atoms with E-state index in [1.165, 1.54) is 0 Å². The Morgan fingerprint density at radius 3 is 2.74 bits per heavy atom. The topological polar surface area (TPSA) is 67.4 Å². The summed E-state index contributed by atoms with van der Waals surface area (Å²) in [5.74, 6) is 0.360. The lowest BCUT2D eigenvalue weighted by atomic mass is 10.1. The van der Waals surface area contributed by atoms with Crippen LogP contribution in [0.15, 0.2) is 12.1 Å². The summed E-state index contributed by atoms with van der Waals surface area (Å²) in [6, 6.07) is 3.40. The minimum atomic E-state index is -0.446. The number of carbonyl (C=O) groups is 2. The van der Waals surface area contributed by atoms with E-state index in [-0.39, 0.29) is 11.8 Å². The Bertz CT molecular complexity index is 526. The minimum absolute atomic E-state index is 0.0762. The van der Waals surface area contributed by atoms with Crippen LogP contribution in [0.5, 0.6) is 5.75 Å². The van der Waals surface area contributed by atoms with Crippen molar-refractivity contribution < 1.29 is 14.3 Å². The lowest BCUT2D eigenvalue weighted by molar-refractivity contribution is -0.122. The van der Waals surface area contributed by atoms with E-state index in [1.807, 2.05) is 26.0 Å². The third-order valence-corrected chi connectivity index (χ3v) is 3.22. The third-order valence-electron chi connectivity index (χ3n) is 3.22. The van der Waals surface area contributed by atoms with Gasteiger partial charge in [0.05, 0.1) is 12.8 Å². The molecular formula is C14H18N2O3. The number of hydrogen-bond acceptors (Lipinski definition) is 3. The Balaban J connectivity index is 2.19. The maximum Gasteiger partial charge on any atom is 0.247 e. The van der Waals surface area contributed by atoms with Crippen LogP contribution >= 0.6 is 0 Å². The number of carbonyl (C=O) groups excluding carboxylic acids is 2. The molecule has 1 aliphatic rings. The first kappa shape index (κ1) is 13.4. The van der Waals surface area contributed by atoms with Gasteiger partial charge in [0.15, 0.2) is 0 Å². The van der Waals surface area contributed by atoms with Crippen molar-refractivity contribution in [3.05, 3.63) is 23.3 Å². The van der Waals surface area contributed by atoms with Crippen LogP contribution < -0.4 is 15.4 Å². The summed E-state index contributed by atoms with van der Waals surface area (Å²) < 4.78 is 5.29. The zero-order chi connectivity index (χ0) is 14.0. The summed E-state index contributed by atoms with van der Waals surface area (Å²) in [7, 11) is 1.57. The fourth-order valence-corrected chi connectivity index (χ4v) is 2.27. The summed E-state index contributed by atoms with van der Waals surface area (Å²) in [5, 5.41) is 5.49. The molecule has 0 bridgehead atoms. The third kappa shape index (κ3) is 2.86.